The molecule has 2 aliphatic rings. The Balaban J connectivity index is 1.57. The molecule has 1 saturated heterocycles. The number of benzene rings is 1. The minimum Gasteiger partial charge on any atom is -0.378 e. The first-order valence-corrected chi connectivity index (χ1v) is 9.33. The molecular formula is C19H24ClN3O. The zero-order valence-corrected chi connectivity index (χ0v) is 14.6. The molecule has 2 fully saturated rings. The first-order valence-electron chi connectivity index (χ1n) is 8.95. The van der Waals surface area contributed by atoms with Crippen LogP contribution in [0.1, 0.15) is 44.0 Å². The fourth-order valence-electron chi connectivity index (χ4n) is 4.01. The first kappa shape index (κ1) is 16.1. The maximum absolute atomic E-state index is 6.11. The maximum Gasteiger partial charge on any atom is 0.126 e. The van der Waals surface area contributed by atoms with Gasteiger partial charge in [-0.3, -0.25) is 4.90 Å². The summed E-state index contributed by atoms with van der Waals surface area (Å²) in [6, 6.07) is 8.79. The van der Waals surface area contributed by atoms with E-state index < -0.39 is 0 Å². The number of aromatic amines is 1. The van der Waals surface area contributed by atoms with Crippen molar-refractivity contribution >= 4 is 11.6 Å². The molecule has 0 radical (unpaired) electrons. The second-order valence-corrected chi connectivity index (χ2v) is 7.25. The lowest BCUT2D eigenvalue weighted by molar-refractivity contribution is -0.0400. The van der Waals surface area contributed by atoms with Crippen molar-refractivity contribution in [3.8, 4) is 11.3 Å². The Bertz CT molecular complexity index is 681. The van der Waals surface area contributed by atoms with Crippen molar-refractivity contribution in [3.63, 3.8) is 0 Å². The topological polar surface area (TPSA) is 41.1 Å². The van der Waals surface area contributed by atoms with Crippen molar-refractivity contribution in [2.75, 3.05) is 19.8 Å². The Hall–Kier alpha value is -1.36. The lowest BCUT2D eigenvalue weighted by Gasteiger charge is -2.41. The van der Waals surface area contributed by atoms with Gasteiger partial charge in [0.15, 0.2) is 0 Å². The van der Waals surface area contributed by atoms with Crippen molar-refractivity contribution in [2.45, 2.75) is 44.2 Å². The molecule has 1 aromatic carbocycles. The number of halogens is 1. The van der Waals surface area contributed by atoms with Crippen LogP contribution < -0.4 is 0 Å². The third-order valence-electron chi connectivity index (χ3n) is 5.26. The van der Waals surface area contributed by atoms with Crippen LogP contribution in [0.15, 0.2) is 30.5 Å². The van der Waals surface area contributed by atoms with E-state index in [2.05, 4.69) is 20.9 Å². The monoisotopic (exact) mass is 345 g/mol. The Morgan fingerprint density at radius 3 is 2.92 bits per heavy atom. The molecule has 1 saturated carbocycles. The van der Waals surface area contributed by atoms with Crippen LogP contribution in [0, 0.1) is 0 Å². The number of rotatable bonds is 3. The van der Waals surface area contributed by atoms with E-state index in [9.17, 15) is 0 Å². The standard InChI is InChI=1S/C19H24ClN3O/c20-15-6-4-5-14(11-15)17-12-21-19(22-17)18-13-24-10-9-23(18)16-7-2-1-3-8-16/h4-6,11-12,16,18H,1-3,7-10,13H2,(H,21,22). The van der Waals surface area contributed by atoms with Gasteiger partial charge >= 0.3 is 0 Å². The lowest BCUT2D eigenvalue weighted by atomic mass is 9.93. The smallest absolute Gasteiger partial charge is 0.126 e. The fourth-order valence-corrected chi connectivity index (χ4v) is 4.20. The van der Waals surface area contributed by atoms with Crippen LogP contribution in [0.2, 0.25) is 5.02 Å². The highest BCUT2D eigenvalue weighted by molar-refractivity contribution is 6.30. The van der Waals surface area contributed by atoms with Gasteiger partial charge in [-0.25, -0.2) is 4.98 Å². The van der Waals surface area contributed by atoms with E-state index >= 15 is 0 Å². The number of imidazole rings is 1. The van der Waals surface area contributed by atoms with Crippen molar-refractivity contribution in [1.82, 2.24) is 14.9 Å². The second-order valence-electron chi connectivity index (χ2n) is 6.81. The van der Waals surface area contributed by atoms with Gasteiger partial charge in [-0.15, -0.1) is 0 Å². The zero-order chi connectivity index (χ0) is 16.4. The number of morpholine rings is 1. The van der Waals surface area contributed by atoms with E-state index in [4.69, 9.17) is 16.3 Å². The summed E-state index contributed by atoms with van der Waals surface area (Å²) in [6.45, 7) is 2.55. The van der Waals surface area contributed by atoms with Crippen LogP contribution >= 0.6 is 11.6 Å². The molecule has 1 aliphatic heterocycles. The Kier molecular flexibility index (Phi) is 4.88. The lowest BCUT2D eigenvalue weighted by Crippen LogP contribution is -2.46. The molecule has 24 heavy (non-hydrogen) atoms. The summed E-state index contributed by atoms with van der Waals surface area (Å²) < 4.78 is 5.77. The highest BCUT2D eigenvalue weighted by Crippen LogP contribution is 2.32. The van der Waals surface area contributed by atoms with Crippen LogP contribution in [0.4, 0.5) is 0 Å². The number of nitrogens with one attached hydrogen (secondary N) is 1. The molecule has 5 heteroatoms. The van der Waals surface area contributed by atoms with Crippen LogP contribution in [-0.4, -0.2) is 40.7 Å². The normalized spacial score (nSPS) is 23.5. The van der Waals surface area contributed by atoms with E-state index in [1.807, 2.05) is 24.4 Å². The summed E-state index contributed by atoms with van der Waals surface area (Å²) >= 11 is 6.11. The number of hydrogen-bond donors (Lipinski definition) is 1. The van der Waals surface area contributed by atoms with Crippen LogP contribution in [-0.2, 0) is 4.74 Å². The molecule has 0 amide bonds. The number of H-pyrrole nitrogens is 1. The Morgan fingerprint density at radius 2 is 2.08 bits per heavy atom. The summed E-state index contributed by atoms with van der Waals surface area (Å²) in [4.78, 5) is 10.8. The molecule has 2 aromatic rings. The predicted molar refractivity (Wildman–Crippen MR) is 96.2 cm³/mol. The summed E-state index contributed by atoms with van der Waals surface area (Å²) in [6.07, 6.45) is 8.60. The quantitative estimate of drug-likeness (QED) is 0.894. The van der Waals surface area contributed by atoms with Crippen LogP contribution in [0.3, 0.4) is 0 Å². The van der Waals surface area contributed by atoms with Gasteiger partial charge in [-0.1, -0.05) is 43.0 Å². The average molecular weight is 346 g/mol. The molecule has 1 atom stereocenters. The average Bonchev–Trinajstić information content (AvgIpc) is 3.12. The highest BCUT2D eigenvalue weighted by Gasteiger charge is 2.32. The van der Waals surface area contributed by atoms with Crippen molar-refractivity contribution in [2.24, 2.45) is 0 Å². The van der Waals surface area contributed by atoms with Gasteiger partial charge in [0.1, 0.15) is 5.82 Å². The molecule has 0 spiro atoms. The summed E-state index contributed by atoms with van der Waals surface area (Å²) in [7, 11) is 0. The highest BCUT2D eigenvalue weighted by atomic mass is 35.5. The second kappa shape index (κ2) is 7.26. The van der Waals surface area contributed by atoms with E-state index in [0.717, 1.165) is 41.9 Å². The third kappa shape index (κ3) is 3.37. The van der Waals surface area contributed by atoms with Gasteiger partial charge < -0.3 is 9.72 Å². The zero-order valence-electron chi connectivity index (χ0n) is 13.9. The maximum atomic E-state index is 6.11. The van der Waals surface area contributed by atoms with E-state index in [0.29, 0.717) is 6.04 Å². The molecule has 1 aromatic heterocycles. The van der Waals surface area contributed by atoms with E-state index in [1.165, 1.54) is 32.1 Å². The van der Waals surface area contributed by atoms with Crippen molar-refractivity contribution < 1.29 is 4.74 Å². The first-order chi connectivity index (χ1) is 11.8. The van der Waals surface area contributed by atoms with Crippen LogP contribution in [0.5, 0.6) is 0 Å². The fraction of sp³-hybridized carbons (Fsp3) is 0.526. The third-order valence-corrected chi connectivity index (χ3v) is 5.50. The molecule has 4 nitrogen and oxygen atoms in total. The predicted octanol–water partition coefficient (Wildman–Crippen LogP) is 4.44. The summed E-state index contributed by atoms with van der Waals surface area (Å²) in [5.74, 6) is 1.01. The SMILES string of the molecule is Clc1cccc(-c2cnc(C3COCCN3C3CCCCC3)[nH]2)c1. The molecular weight excluding hydrogens is 322 g/mol. The Labute approximate surface area is 148 Å². The molecule has 0 bridgehead atoms. The van der Waals surface area contributed by atoms with Gasteiger partial charge in [0, 0.05) is 23.2 Å². The number of ether oxygens (including phenoxy) is 1. The number of aromatic nitrogens is 2. The van der Waals surface area contributed by atoms with Gasteiger partial charge in [0.25, 0.3) is 0 Å². The largest absolute Gasteiger partial charge is 0.378 e. The van der Waals surface area contributed by atoms with Gasteiger partial charge in [0.2, 0.25) is 0 Å². The molecule has 4 rings (SSSR count). The van der Waals surface area contributed by atoms with Crippen molar-refractivity contribution in [1.29, 1.82) is 0 Å². The van der Waals surface area contributed by atoms with E-state index in [-0.39, 0.29) is 6.04 Å². The summed E-state index contributed by atoms with van der Waals surface area (Å²) in [5, 5.41) is 0.744. The number of hydrogen-bond acceptors (Lipinski definition) is 3. The molecule has 1 aliphatic carbocycles. The Morgan fingerprint density at radius 1 is 1.21 bits per heavy atom. The van der Waals surface area contributed by atoms with Crippen LogP contribution in [0.25, 0.3) is 11.3 Å². The minimum absolute atomic E-state index is 0.231. The molecule has 128 valence electrons. The van der Waals surface area contributed by atoms with Crippen molar-refractivity contribution in [3.05, 3.63) is 41.3 Å². The molecule has 1 N–H and O–H groups in total. The van der Waals surface area contributed by atoms with Gasteiger partial charge in [-0.05, 0) is 25.0 Å². The number of nitrogens with zero attached hydrogens (tertiary/aromatic N) is 2. The molecule has 2 heterocycles. The minimum atomic E-state index is 0.231. The van der Waals surface area contributed by atoms with E-state index in [1.54, 1.807) is 0 Å². The molecule has 1 unspecified atom stereocenters. The van der Waals surface area contributed by atoms with Gasteiger partial charge in [0.05, 0.1) is 31.1 Å². The van der Waals surface area contributed by atoms with Gasteiger partial charge in [-0.2, -0.15) is 0 Å². The summed E-state index contributed by atoms with van der Waals surface area (Å²) in [5.41, 5.74) is 2.09.